The van der Waals surface area contributed by atoms with Crippen molar-refractivity contribution in [2.24, 2.45) is 5.92 Å². The van der Waals surface area contributed by atoms with E-state index in [9.17, 15) is 0 Å². The van der Waals surface area contributed by atoms with Gasteiger partial charge in [-0.05, 0) is 36.1 Å². The van der Waals surface area contributed by atoms with E-state index in [1.807, 2.05) is 0 Å². The summed E-state index contributed by atoms with van der Waals surface area (Å²) < 4.78 is 5.86. The molecule has 0 bridgehead atoms. The number of fused-ring (bicyclic) bond motifs is 1. The van der Waals surface area contributed by atoms with Crippen molar-refractivity contribution >= 4 is 5.69 Å². The van der Waals surface area contributed by atoms with E-state index in [1.165, 1.54) is 11.3 Å². The molecule has 0 spiro atoms. The average Bonchev–Trinajstić information content (AvgIpc) is 2.51. The second kappa shape index (κ2) is 4.92. The maximum absolute atomic E-state index is 5.86. The van der Waals surface area contributed by atoms with Crippen molar-refractivity contribution in [1.82, 2.24) is 0 Å². The summed E-state index contributed by atoms with van der Waals surface area (Å²) in [4.78, 5) is 2.17. The topological polar surface area (TPSA) is 12.5 Å². The van der Waals surface area contributed by atoms with E-state index in [0.717, 1.165) is 24.5 Å². The van der Waals surface area contributed by atoms with Crippen molar-refractivity contribution in [3.05, 3.63) is 36.0 Å². The van der Waals surface area contributed by atoms with Crippen LogP contribution >= 0.6 is 0 Å². The molecule has 19 heavy (non-hydrogen) atoms. The minimum Gasteiger partial charge on any atom is -0.494 e. The van der Waals surface area contributed by atoms with Gasteiger partial charge in [0.05, 0.1) is 6.61 Å². The lowest BCUT2D eigenvalue weighted by molar-refractivity contribution is 0.289. The molecule has 1 aliphatic heterocycles. The highest BCUT2D eigenvalue weighted by molar-refractivity contribution is 5.70. The van der Waals surface area contributed by atoms with E-state index < -0.39 is 0 Å². The summed E-state index contributed by atoms with van der Waals surface area (Å²) in [5, 5.41) is 0. The van der Waals surface area contributed by atoms with Gasteiger partial charge >= 0.3 is 0 Å². The van der Waals surface area contributed by atoms with E-state index in [2.05, 4.69) is 64.4 Å². The molecule has 1 aliphatic rings. The van der Waals surface area contributed by atoms with Gasteiger partial charge in [0.25, 0.3) is 0 Å². The first kappa shape index (κ1) is 14.0. The molecule has 0 saturated heterocycles. The van der Waals surface area contributed by atoms with Gasteiger partial charge in [0.2, 0.25) is 0 Å². The summed E-state index contributed by atoms with van der Waals surface area (Å²) in [6.07, 6.45) is 1.09. The number of benzene rings is 1. The van der Waals surface area contributed by atoms with Gasteiger partial charge in [-0.2, -0.15) is 0 Å². The van der Waals surface area contributed by atoms with Crippen molar-refractivity contribution in [2.75, 3.05) is 18.6 Å². The molecule has 0 fully saturated rings. The molecule has 0 aliphatic carbocycles. The molecular weight excluding hydrogens is 234 g/mol. The van der Waals surface area contributed by atoms with Gasteiger partial charge in [0.15, 0.2) is 0 Å². The third-order valence-corrected chi connectivity index (χ3v) is 4.09. The molecule has 1 heterocycles. The van der Waals surface area contributed by atoms with E-state index in [1.54, 1.807) is 0 Å². The Kier molecular flexibility index (Phi) is 3.62. The summed E-state index contributed by atoms with van der Waals surface area (Å²) in [6, 6.07) is 6.37. The summed E-state index contributed by atoms with van der Waals surface area (Å²) in [5.74, 6) is 1.65. The molecule has 1 aromatic carbocycles. The predicted octanol–water partition coefficient (Wildman–Crippen LogP) is 4.35. The molecule has 2 rings (SSSR count). The highest BCUT2D eigenvalue weighted by Gasteiger charge is 2.37. The van der Waals surface area contributed by atoms with E-state index in [4.69, 9.17) is 4.74 Å². The van der Waals surface area contributed by atoms with Crippen LogP contribution < -0.4 is 9.64 Å². The molecule has 2 heteroatoms. The Morgan fingerprint density at radius 1 is 1.32 bits per heavy atom. The maximum atomic E-state index is 5.86. The predicted molar refractivity (Wildman–Crippen MR) is 82.0 cm³/mol. The summed E-state index contributed by atoms with van der Waals surface area (Å²) in [5.41, 5.74) is 3.68. The van der Waals surface area contributed by atoms with Crippen LogP contribution in [0.25, 0.3) is 0 Å². The highest BCUT2D eigenvalue weighted by Crippen LogP contribution is 2.47. The zero-order chi connectivity index (χ0) is 14.2. The fourth-order valence-corrected chi connectivity index (χ4v) is 2.53. The van der Waals surface area contributed by atoms with Crippen molar-refractivity contribution in [2.45, 2.75) is 39.5 Å². The van der Waals surface area contributed by atoms with Crippen LogP contribution in [0.5, 0.6) is 5.75 Å². The standard InChI is InChI=1S/C17H25NO/c1-12(2)9-10-19-14-7-8-16-15(11-14)17(4,5)13(3)18(16)6/h7-8,11-12H,3,9-10H2,1-2,4-6H3. The third-order valence-electron chi connectivity index (χ3n) is 4.09. The monoisotopic (exact) mass is 259 g/mol. The van der Waals surface area contributed by atoms with Crippen LogP contribution in [-0.4, -0.2) is 13.7 Å². The lowest BCUT2D eigenvalue weighted by Gasteiger charge is -2.22. The summed E-state index contributed by atoms with van der Waals surface area (Å²) >= 11 is 0. The van der Waals surface area contributed by atoms with Gasteiger partial charge in [-0.3, -0.25) is 0 Å². The van der Waals surface area contributed by atoms with Crippen molar-refractivity contribution < 1.29 is 4.74 Å². The maximum Gasteiger partial charge on any atom is 0.119 e. The van der Waals surface area contributed by atoms with Crippen molar-refractivity contribution in [3.63, 3.8) is 0 Å². The fourth-order valence-electron chi connectivity index (χ4n) is 2.53. The minimum atomic E-state index is -0.0124. The van der Waals surface area contributed by atoms with Crippen molar-refractivity contribution in [1.29, 1.82) is 0 Å². The zero-order valence-electron chi connectivity index (χ0n) is 12.8. The van der Waals surface area contributed by atoms with Gasteiger partial charge in [0, 0.05) is 23.8 Å². The quantitative estimate of drug-likeness (QED) is 0.797. The molecule has 0 atom stereocenters. The van der Waals surface area contributed by atoms with E-state index >= 15 is 0 Å². The summed E-state index contributed by atoms with van der Waals surface area (Å²) in [7, 11) is 2.08. The number of allylic oxidation sites excluding steroid dienone is 1. The fraction of sp³-hybridized carbons (Fsp3) is 0.529. The molecule has 0 amide bonds. The summed E-state index contributed by atoms with van der Waals surface area (Å²) in [6.45, 7) is 13.9. The Labute approximate surface area is 117 Å². The molecule has 0 radical (unpaired) electrons. The number of nitrogens with zero attached hydrogens (tertiary/aromatic N) is 1. The van der Waals surface area contributed by atoms with Crippen LogP contribution in [0.1, 0.15) is 39.7 Å². The minimum absolute atomic E-state index is 0.0124. The van der Waals surface area contributed by atoms with Gasteiger partial charge < -0.3 is 9.64 Å². The first-order chi connectivity index (χ1) is 8.84. The Morgan fingerprint density at radius 3 is 2.63 bits per heavy atom. The molecule has 0 unspecified atom stereocenters. The molecule has 0 saturated carbocycles. The lowest BCUT2D eigenvalue weighted by Crippen LogP contribution is -2.21. The molecule has 104 valence electrons. The molecule has 0 N–H and O–H groups in total. The zero-order valence-corrected chi connectivity index (χ0v) is 12.8. The van der Waals surface area contributed by atoms with E-state index in [-0.39, 0.29) is 5.41 Å². The molecule has 1 aromatic rings. The smallest absolute Gasteiger partial charge is 0.119 e. The van der Waals surface area contributed by atoms with Crippen LogP contribution in [0.4, 0.5) is 5.69 Å². The second-order valence-corrected chi connectivity index (χ2v) is 6.34. The van der Waals surface area contributed by atoms with Crippen LogP contribution in [-0.2, 0) is 5.41 Å². The van der Waals surface area contributed by atoms with Gasteiger partial charge in [-0.15, -0.1) is 0 Å². The highest BCUT2D eigenvalue weighted by atomic mass is 16.5. The number of hydrogen-bond acceptors (Lipinski definition) is 2. The van der Waals surface area contributed by atoms with Gasteiger partial charge in [0.1, 0.15) is 5.75 Å². The third kappa shape index (κ3) is 2.49. The molecule has 2 nitrogen and oxygen atoms in total. The van der Waals surface area contributed by atoms with Crippen molar-refractivity contribution in [3.8, 4) is 5.75 Å². The Morgan fingerprint density at radius 2 is 2.00 bits per heavy atom. The first-order valence-electron chi connectivity index (χ1n) is 7.04. The van der Waals surface area contributed by atoms with Crippen LogP contribution in [0.15, 0.2) is 30.5 Å². The van der Waals surface area contributed by atoms with Crippen LogP contribution in [0.3, 0.4) is 0 Å². The molecule has 0 aromatic heterocycles. The SMILES string of the molecule is C=C1N(C)c2ccc(OCCC(C)C)cc2C1(C)C. The van der Waals surface area contributed by atoms with Gasteiger partial charge in [-0.1, -0.05) is 34.3 Å². The number of ether oxygens (including phenoxy) is 1. The first-order valence-corrected chi connectivity index (χ1v) is 7.04. The molecular formula is C17H25NO. The largest absolute Gasteiger partial charge is 0.494 e. The lowest BCUT2D eigenvalue weighted by atomic mass is 9.84. The Hall–Kier alpha value is -1.44. The number of likely N-dealkylation sites (N-methyl/N-ethyl adjacent to an activating group) is 1. The number of rotatable bonds is 4. The Bertz CT molecular complexity index is 488. The van der Waals surface area contributed by atoms with Crippen LogP contribution in [0, 0.1) is 5.92 Å². The second-order valence-electron chi connectivity index (χ2n) is 6.34. The normalized spacial score (nSPS) is 16.9. The average molecular weight is 259 g/mol. The Balaban J connectivity index is 2.21. The van der Waals surface area contributed by atoms with Gasteiger partial charge in [-0.25, -0.2) is 0 Å². The number of hydrogen-bond donors (Lipinski definition) is 0. The van der Waals surface area contributed by atoms with Crippen LogP contribution in [0.2, 0.25) is 0 Å². The van der Waals surface area contributed by atoms with E-state index in [0.29, 0.717) is 5.92 Å². The number of anilines is 1.